The molecule has 0 fully saturated rings. The summed E-state index contributed by atoms with van der Waals surface area (Å²) >= 11 is 0. The summed E-state index contributed by atoms with van der Waals surface area (Å²) in [6.07, 6.45) is 19.2. The Morgan fingerprint density at radius 3 is 1.83 bits per heavy atom. The molecular formula is C20H38O3. The van der Waals surface area contributed by atoms with Gasteiger partial charge in [0.1, 0.15) is 0 Å². The van der Waals surface area contributed by atoms with Gasteiger partial charge in [-0.1, -0.05) is 84.1 Å². The Bertz CT molecular complexity index is 276. The summed E-state index contributed by atoms with van der Waals surface area (Å²) in [5.74, 6) is -0.752. The first-order valence-corrected chi connectivity index (χ1v) is 9.68. The minimum absolute atomic E-state index is 0.0201. The average molecular weight is 327 g/mol. The zero-order chi connectivity index (χ0) is 17.2. The fourth-order valence-electron chi connectivity index (χ4n) is 2.91. The number of hydrogen-bond donors (Lipinski definition) is 1. The van der Waals surface area contributed by atoms with Gasteiger partial charge in [0.2, 0.25) is 0 Å². The van der Waals surface area contributed by atoms with E-state index in [1.54, 1.807) is 0 Å². The second-order valence-electron chi connectivity index (χ2n) is 6.53. The van der Waals surface area contributed by atoms with Gasteiger partial charge in [0.25, 0.3) is 0 Å². The summed E-state index contributed by atoms with van der Waals surface area (Å²) in [4.78, 5) is 10.6. The van der Waals surface area contributed by atoms with Crippen molar-refractivity contribution in [2.24, 2.45) is 0 Å². The highest BCUT2D eigenvalue weighted by molar-refractivity contribution is 5.66. The first-order valence-electron chi connectivity index (χ1n) is 9.68. The normalized spacial score (nSPS) is 12.0. The fraction of sp³-hybridized carbons (Fsp3) is 0.850. The highest BCUT2D eigenvalue weighted by Crippen LogP contribution is 2.15. The monoisotopic (exact) mass is 326 g/mol. The van der Waals surface area contributed by atoms with Gasteiger partial charge in [-0.15, -0.1) is 0 Å². The molecule has 136 valence electrons. The maximum Gasteiger partial charge on any atom is 0.303 e. The van der Waals surface area contributed by atoms with Crippen molar-refractivity contribution in [2.75, 3.05) is 0 Å². The van der Waals surface area contributed by atoms with Gasteiger partial charge in [-0.3, -0.25) is 4.79 Å². The van der Waals surface area contributed by atoms with Gasteiger partial charge >= 0.3 is 5.97 Å². The molecule has 0 heterocycles. The molecule has 0 rings (SSSR count). The molecule has 3 nitrogen and oxygen atoms in total. The first kappa shape index (κ1) is 22.0. The molecule has 0 aliphatic rings. The van der Waals surface area contributed by atoms with Crippen LogP contribution in [0.1, 0.15) is 103 Å². The number of carbonyl (C=O) groups is 1. The summed E-state index contributed by atoms with van der Waals surface area (Å²) in [6, 6.07) is 0. The molecule has 0 saturated carbocycles. The molecule has 0 radical (unpaired) electrons. The van der Waals surface area contributed by atoms with Crippen molar-refractivity contribution >= 4 is 5.97 Å². The third-order valence-corrected chi connectivity index (χ3v) is 4.35. The molecule has 0 saturated heterocycles. The van der Waals surface area contributed by atoms with Crippen molar-refractivity contribution in [2.45, 2.75) is 109 Å². The summed E-state index contributed by atoms with van der Waals surface area (Å²) in [6.45, 7) is 5.83. The third-order valence-electron chi connectivity index (χ3n) is 4.35. The van der Waals surface area contributed by atoms with E-state index >= 15 is 0 Å². The van der Waals surface area contributed by atoms with Crippen LogP contribution in [0.25, 0.3) is 0 Å². The van der Waals surface area contributed by atoms with Gasteiger partial charge in [0.15, 0.2) is 0 Å². The molecule has 1 N–H and O–H groups in total. The van der Waals surface area contributed by atoms with E-state index in [0.29, 0.717) is 6.42 Å². The number of carboxylic acid groups (broad SMARTS) is 1. The van der Waals surface area contributed by atoms with Crippen LogP contribution >= 0.6 is 0 Å². The van der Waals surface area contributed by atoms with Gasteiger partial charge in [-0.05, 0) is 19.3 Å². The Balaban J connectivity index is 3.35. The van der Waals surface area contributed by atoms with Crippen LogP contribution in [0.5, 0.6) is 0 Å². The summed E-state index contributed by atoms with van der Waals surface area (Å²) in [5, 5.41) is 8.72. The minimum atomic E-state index is -0.752. The summed E-state index contributed by atoms with van der Waals surface area (Å²) < 4.78 is 5.39. The molecule has 0 spiro atoms. The predicted molar refractivity (Wildman–Crippen MR) is 97.6 cm³/mol. The molecule has 1 atom stereocenters. The average Bonchev–Trinajstić information content (AvgIpc) is 2.53. The lowest BCUT2D eigenvalue weighted by Crippen LogP contribution is -2.12. The highest BCUT2D eigenvalue weighted by Gasteiger charge is 2.10. The van der Waals surface area contributed by atoms with E-state index in [0.717, 1.165) is 12.8 Å². The third kappa shape index (κ3) is 17.2. The van der Waals surface area contributed by atoms with E-state index in [9.17, 15) is 4.79 Å². The molecule has 0 amide bonds. The zero-order valence-corrected chi connectivity index (χ0v) is 15.2. The molecule has 0 aromatic rings. The van der Waals surface area contributed by atoms with Crippen molar-refractivity contribution < 1.29 is 14.6 Å². The van der Waals surface area contributed by atoms with Gasteiger partial charge < -0.3 is 9.84 Å². The van der Waals surface area contributed by atoms with Crippen LogP contribution in [-0.2, 0) is 9.53 Å². The van der Waals surface area contributed by atoms with E-state index in [-0.39, 0.29) is 12.5 Å². The van der Waals surface area contributed by atoms with Gasteiger partial charge in [-0.25, -0.2) is 0 Å². The molecule has 1 unspecified atom stereocenters. The van der Waals surface area contributed by atoms with Crippen molar-refractivity contribution in [3.63, 3.8) is 0 Å². The Morgan fingerprint density at radius 1 is 0.913 bits per heavy atom. The molecule has 3 heteroatoms. The summed E-state index contributed by atoms with van der Waals surface area (Å²) in [7, 11) is 0. The first-order chi connectivity index (χ1) is 11.2. The van der Waals surface area contributed by atoms with Crippen LogP contribution in [0.15, 0.2) is 12.8 Å². The quantitative estimate of drug-likeness (QED) is 0.232. The number of hydrogen-bond acceptors (Lipinski definition) is 2. The van der Waals surface area contributed by atoms with Gasteiger partial charge in [0.05, 0.1) is 12.4 Å². The maximum absolute atomic E-state index is 10.6. The van der Waals surface area contributed by atoms with Crippen LogP contribution in [-0.4, -0.2) is 17.2 Å². The van der Waals surface area contributed by atoms with E-state index in [1.807, 2.05) is 0 Å². The van der Waals surface area contributed by atoms with Crippen molar-refractivity contribution in [3.05, 3.63) is 12.8 Å². The maximum atomic E-state index is 10.6. The minimum Gasteiger partial charge on any atom is -0.499 e. The van der Waals surface area contributed by atoms with E-state index < -0.39 is 5.97 Å². The van der Waals surface area contributed by atoms with Crippen LogP contribution < -0.4 is 0 Å². The van der Waals surface area contributed by atoms with E-state index in [2.05, 4.69) is 13.5 Å². The predicted octanol–water partition coefficient (Wildman–Crippen LogP) is 6.47. The van der Waals surface area contributed by atoms with Crippen molar-refractivity contribution in [1.29, 1.82) is 0 Å². The number of unbranched alkanes of at least 4 members (excludes halogenated alkanes) is 11. The lowest BCUT2D eigenvalue weighted by molar-refractivity contribution is -0.137. The van der Waals surface area contributed by atoms with E-state index in [1.165, 1.54) is 76.9 Å². The fourth-order valence-corrected chi connectivity index (χ4v) is 2.91. The topological polar surface area (TPSA) is 46.5 Å². The van der Waals surface area contributed by atoms with E-state index in [4.69, 9.17) is 9.84 Å². The van der Waals surface area contributed by atoms with Crippen LogP contribution in [0, 0.1) is 0 Å². The van der Waals surface area contributed by atoms with Crippen molar-refractivity contribution in [3.8, 4) is 0 Å². The standard InChI is InChI=1S/C20H38O3/c1-3-5-6-7-8-9-10-11-12-13-14-15-16-19(23-4-2)17-18-20(21)22/h4,19H,2-3,5-18H2,1H3,(H,21,22). The second kappa shape index (κ2) is 17.4. The largest absolute Gasteiger partial charge is 0.499 e. The number of carboxylic acids is 1. The van der Waals surface area contributed by atoms with Gasteiger partial charge in [-0.2, -0.15) is 0 Å². The Labute approximate surface area is 143 Å². The Hall–Kier alpha value is -0.990. The molecule has 0 bridgehead atoms. The molecule has 0 aromatic carbocycles. The number of aliphatic carboxylic acids is 1. The molecule has 0 aromatic heterocycles. The number of rotatable bonds is 18. The molecular weight excluding hydrogens is 288 g/mol. The van der Waals surface area contributed by atoms with Crippen LogP contribution in [0.4, 0.5) is 0 Å². The second-order valence-corrected chi connectivity index (χ2v) is 6.53. The summed E-state index contributed by atoms with van der Waals surface area (Å²) in [5.41, 5.74) is 0. The lowest BCUT2D eigenvalue weighted by Gasteiger charge is -2.15. The zero-order valence-electron chi connectivity index (χ0n) is 15.2. The van der Waals surface area contributed by atoms with Crippen molar-refractivity contribution in [1.82, 2.24) is 0 Å². The lowest BCUT2D eigenvalue weighted by atomic mass is 10.0. The van der Waals surface area contributed by atoms with Crippen LogP contribution in [0.2, 0.25) is 0 Å². The Morgan fingerprint density at radius 2 is 1.39 bits per heavy atom. The smallest absolute Gasteiger partial charge is 0.303 e. The van der Waals surface area contributed by atoms with Gasteiger partial charge in [0, 0.05) is 6.42 Å². The SMILES string of the molecule is C=COC(CCCCCCCCCCCCCC)CCC(=O)O. The van der Waals surface area contributed by atoms with Crippen LogP contribution in [0.3, 0.4) is 0 Å². The number of ether oxygens (including phenoxy) is 1. The molecule has 23 heavy (non-hydrogen) atoms. The molecule has 0 aliphatic heterocycles. The molecule has 0 aliphatic carbocycles. The highest BCUT2D eigenvalue weighted by atomic mass is 16.5. The Kier molecular flexibility index (Phi) is 16.6.